The average molecular weight is 581 g/mol. The molecule has 0 amide bonds. The summed E-state index contributed by atoms with van der Waals surface area (Å²) in [7, 11) is -4.15. The molecule has 0 saturated carbocycles. The zero-order valence-corrected chi connectivity index (χ0v) is 23.3. The topological polar surface area (TPSA) is 158 Å². The molecule has 3 atom stereocenters. The number of ether oxygens (including phenoxy) is 2. The maximum Gasteiger partial charge on any atom is 0.240 e. The van der Waals surface area contributed by atoms with Crippen LogP contribution in [0, 0.1) is 11.3 Å². The molecule has 3 aromatic heterocycles. The molecule has 0 spiro atoms. The van der Waals surface area contributed by atoms with E-state index in [9.17, 15) is 13.7 Å². The third-order valence-electron chi connectivity index (χ3n) is 6.26. The van der Waals surface area contributed by atoms with Crippen LogP contribution in [0.3, 0.4) is 0 Å². The van der Waals surface area contributed by atoms with E-state index in [1.165, 1.54) is 19.3 Å². The van der Waals surface area contributed by atoms with Crippen molar-refractivity contribution < 1.29 is 17.9 Å². The van der Waals surface area contributed by atoms with Crippen LogP contribution in [0.25, 0.3) is 11.4 Å². The molecule has 5 rings (SSSR count). The van der Waals surface area contributed by atoms with E-state index in [0.717, 1.165) is 0 Å². The Kier molecular flexibility index (Phi) is 7.66. The lowest BCUT2D eigenvalue weighted by molar-refractivity contribution is 0.00154. The normalized spacial score (nSPS) is 16.1. The molecule has 1 aliphatic heterocycles. The SMILES string of the molecule is CC(C)O[C@@H](c1ncc(Cl)cn1)[C@H](C)S(=O)(=O)Nc1nnc2n1[C@H](c1cccc(C#N)c1)COc1ncccc1-2. The minimum absolute atomic E-state index is 0.0326. The van der Waals surface area contributed by atoms with Gasteiger partial charge in [0.25, 0.3) is 0 Å². The predicted octanol–water partition coefficient (Wildman–Crippen LogP) is 3.93. The Bertz CT molecular complexity index is 1670. The van der Waals surface area contributed by atoms with Crippen molar-refractivity contribution in [3.05, 3.63) is 77.0 Å². The number of hydrogen-bond acceptors (Lipinski definition) is 10. The quantitative estimate of drug-likeness (QED) is 0.323. The Morgan fingerprint density at radius 3 is 2.65 bits per heavy atom. The lowest BCUT2D eigenvalue weighted by Gasteiger charge is -2.26. The standard InChI is InChI=1S/C26H25ClN8O4S/c1-15(2)39-22(23-30-12-19(27)13-31-23)16(3)40(36,37)34-26-33-32-24-20-8-5-9-29-25(20)38-14-21(35(24)26)18-7-4-6-17(10-18)11-28/h4-10,12-13,15-16,21-22H,14H2,1-3H3,(H,33,34)/t16-,21-,22+/m0/s1. The summed E-state index contributed by atoms with van der Waals surface area (Å²) >= 11 is 5.94. The fourth-order valence-electron chi connectivity index (χ4n) is 4.34. The number of anilines is 1. The fraction of sp³-hybridized carbons (Fsp3) is 0.308. The maximum atomic E-state index is 13.8. The van der Waals surface area contributed by atoms with Gasteiger partial charge < -0.3 is 9.47 Å². The van der Waals surface area contributed by atoms with Crippen molar-refractivity contribution in [3.8, 4) is 23.3 Å². The molecule has 1 aliphatic rings. The van der Waals surface area contributed by atoms with E-state index in [2.05, 4.69) is 35.9 Å². The number of sulfonamides is 1. The summed E-state index contributed by atoms with van der Waals surface area (Å²) in [6, 6.07) is 12.0. The highest BCUT2D eigenvalue weighted by atomic mass is 35.5. The van der Waals surface area contributed by atoms with Crippen molar-refractivity contribution in [1.82, 2.24) is 29.7 Å². The van der Waals surface area contributed by atoms with Crippen LogP contribution in [0.15, 0.2) is 55.0 Å². The van der Waals surface area contributed by atoms with Crippen LogP contribution in [0.5, 0.6) is 5.88 Å². The molecule has 4 aromatic rings. The van der Waals surface area contributed by atoms with Gasteiger partial charge in [0.15, 0.2) is 11.6 Å². The summed E-state index contributed by atoms with van der Waals surface area (Å²) in [5.74, 6) is 0.836. The Labute approximate surface area is 236 Å². The highest BCUT2D eigenvalue weighted by Crippen LogP contribution is 2.37. The van der Waals surface area contributed by atoms with Crippen LogP contribution in [0.2, 0.25) is 5.02 Å². The van der Waals surface area contributed by atoms with Gasteiger partial charge in [-0.15, -0.1) is 10.2 Å². The van der Waals surface area contributed by atoms with Gasteiger partial charge >= 0.3 is 0 Å². The van der Waals surface area contributed by atoms with Gasteiger partial charge in [-0.3, -0.25) is 9.29 Å². The van der Waals surface area contributed by atoms with Crippen molar-refractivity contribution in [3.63, 3.8) is 0 Å². The number of benzene rings is 1. The molecule has 0 saturated heterocycles. The van der Waals surface area contributed by atoms with E-state index in [1.54, 1.807) is 54.9 Å². The summed E-state index contributed by atoms with van der Waals surface area (Å²) in [5, 5.41) is 17.2. The number of rotatable bonds is 8. The fourth-order valence-corrected chi connectivity index (χ4v) is 5.52. The summed E-state index contributed by atoms with van der Waals surface area (Å²) in [6.45, 7) is 5.17. The number of pyridine rings is 1. The number of hydrogen-bond donors (Lipinski definition) is 1. The van der Waals surface area contributed by atoms with Gasteiger partial charge in [0.2, 0.25) is 21.9 Å². The zero-order chi connectivity index (χ0) is 28.4. The summed E-state index contributed by atoms with van der Waals surface area (Å²) < 4.78 is 43.8. The number of halogens is 1. The van der Waals surface area contributed by atoms with E-state index in [4.69, 9.17) is 21.1 Å². The molecule has 12 nitrogen and oxygen atoms in total. The summed E-state index contributed by atoms with van der Waals surface area (Å²) in [4.78, 5) is 12.7. The summed E-state index contributed by atoms with van der Waals surface area (Å²) in [5.41, 5.74) is 1.69. The minimum atomic E-state index is -4.15. The third-order valence-corrected chi connectivity index (χ3v) is 8.15. The molecular weight excluding hydrogens is 556 g/mol. The number of aromatic nitrogens is 6. The van der Waals surface area contributed by atoms with Crippen LogP contribution >= 0.6 is 11.6 Å². The maximum absolute atomic E-state index is 13.8. The molecule has 4 heterocycles. The Hall–Kier alpha value is -4.12. The Balaban J connectivity index is 1.57. The van der Waals surface area contributed by atoms with Crippen LogP contribution < -0.4 is 9.46 Å². The van der Waals surface area contributed by atoms with Gasteiger partial charge in [-0.25, -0.2) is 23.4 Å². The Morgan fingerprint density at radius 2 is 1.93 bits per heavy atom. The van der Waals surface area contributed by atoms with Gasteiger partial charge in [-0.2, -0.15) is 5.26 Å². The monoisotopic (exact) mass is 580 g/mol. The zero-order valence-electron chi connectivity index (χ0n) is 21.8. The average Bonchev–Trinajstić information content (AvgIpc) is 3.26. The molecular formula is C26H25ClN8O4S. The first-order valence-electron chi connectivity index (χ1n) is 12.4. The smallest absolute Gasteiger partial charge is 0.240 e. The second kappa shape index (κ2) is 11.2. The van der Waals surface area contributed by atoms with Gasteiger partial charge in [0.1, 0.15) is 18.0 Å². The lowest BCUT2D eigenvalue weighted by Crippen LogP contribution is -2.35. The largest absolute Gasteiger partial charge is 0.475 e. The second-order valence-corrected chi connectivity index (χ2v) is 11.8. The molecule has 40 heavy (non-hydrogen) atoms. The molecule has 1 N–H and O–H groups in total. The highest BCUT2D eigenvalue weighted by molar-refractivity contribution is 7.93. The van der Waals surface area contributed by atoms with E-state index in [-0.39, 0.29) is 24.5 Å². The van der Waals surface area contributed by atoms with Gasteiger partial charge in [-0.05, 0) is 50.6 Å². The number of nitrogens with zero attached hydrogens (tertiary/aromatic N) is 7. The second-order valence-electron chi connectivity index (χ2n) is 9.35. The van der Waals surface area contributed by atoms with E-state index >= 15 is 0 Å². The van der Waals surface area contributed by atoms with E-state index < -0.39 is 27.4 Å². The molecule has 0 fully saturated rings. The molecule has 0 radical (unpaired) electrons. The van der Waals surface area contributed by atoms with Crippen LogP contribution in [-0.2, 0) is 14.8 Å². The molecule has 206 valence electrons. The first kappa shape index (κ1) is 27.4. The van der Waals surface area contributed by atoms with Crippen molar-refractivity contribution in [1.29, 1.82) is 5.26 Å². The molecule has 14 heteroatoms. The van der Waals surface area contributed by atoms with Crippen LogP contribution in [0.4, 0.5) is 5.95 Å². The Morgan fingerprint density at radius 1 is 1.15 bits per heavy atom. The van der Waals surface area contributed by atoms with Gasteiger partial charge in [-0.1, -0.05) is 23.7 Å². The van der Waals surface area contributed by atoms with Gasteiger partial charge in [0, 0.05) is 18.6 Å². The third kappa shape index (κ3) is 5.46. The number of nitrogens with one attached hydrogen (secondary N) is 1. The van der Waals surface area contributed by atoms with E-state index in [0.29, 0.717) is 33.4 Å². The molecule has 0 aliphatic carbocycles. The van der Waals surface area contributed by atoms with Gasteiger partial charge in [0.05, 0.1) is 34.4 Å². The molecule has 1 aromatic carbocycles. The van der Waals surface area contributed by atoms with Crippen molar-refractivity contribution in [2.45, 2.75) is 44.3 Å². The highest BCUT2D eigenvalue weighted by Gasteiger charge is 2.37. The first-order valence-corrected chi connectivity index (χ1v) is 14.3. The first-order chi connectivity index (χ1) is 19.2. The van der Waals surface area contributed by atoms with Crippen LogP contribution in [0.1, 0.15) is 49.9 Å². The predicted molar refractivity (Wildman–Crippen MR) is 146 cm³/mol. The number of fused-ring (bicyclic) bond motifs is 3. The molecule has 0 unspecified atom stereocenters. The van der Waals surface area contributed by atoms with Crippen LogP contribution in [-0.4, -0.2) is 56.1 Å². The summed E-state index contributed by atoms with van der Waals surface area (Å²) in [6.07, 6.45) is 3.05. The van der Waals surface area contributed by atoms with Crippen molar-refractivity contribution in [2.75, 3.05) is 11.3 Å². The van der Waals surface area contributed by atoms with Crippen molar-refractivity contribution in [2.24, 2.45) is 0 Å². The number of nitriles is 1. The lowest BCUT2D eigenvalue weighted by atomic mass is 10.0. The van der Waals surface area contributed by atoms with Crippen molar-refractivity contribution >= 4 is 27.6 Å². The van der Waals surface area contributed by atoms with E-state index in [1.807, 2.05) is 6.07 Å². The minimum Gasteiger partial charge on any atom is -0.475 e. The molecule has 0 bridgehead atoms.